The minimum absolute atomic E-state index is 0.571. The van der Waals surface area contributed by atoms with Crippen LogP contribution in [0.15, 0.2) is 18.3 Å². The molecule has 0 aliphatic heterocycles. The summed E-state index contributed by atoms with van der Waals surface area (Å²) in [5.41, 5.74) is 1.04. The van der Waals surface area contributed by atoms with Crippen molar-refractivity contribution in [2.75, 3.05) is 11.9 Å². The van der Waals surface area contributed by atoms with Crippen LogP contribution < -0.4 is 10.1 Å². The van der Waals surface area contributed by atoms with E-state index in [9.17, 15) is 0 Å². The molecule has 0 amide bonds. The fourth-order valence-electron chi connectivity index (χ4n) is 2.54. The molecule has 1 aromatic rings. The second kappa shape index (κ2) is 5.89. The molecule has 1 aliphatic rings. The molecule has 3 heteroatoms. The number of rotatable bonds is 4. The van der Waals surface area contributed by atoms with Gasteiger partial charge in [0.25, 0.3) is 0 Å². The normalized spacial score (nSPS) is 24.4. The lowest BCUT2D eigenvalue weighted by atomic mass is 9.87. The number of anilines is 1. The molecule has 3 nitrogen and oxygen atoms in total. The van der Waals surface area contributed by atoms with Gasteiger partial charge in [0, 0.05) is 12.2 Å². The van der Waals surface area contributed by atoms with Gasteiger partial charge in [0.1, 0.15) is 0 Å². The minimum atomic E-state index is 0.571. The van der Waals surface area contributed by atoms with Crippen LogP contribution in [0.3, 0.4) is 0 Å². The molecule has 1 saturated carbocycles. The third-order valence-electron chi connectivity index (χ3n) is 3.35. The van der Waals surface area contributed by atoms with Gasteiger partial charge in [-0.25, -0.2) is 4.98 Å². The average molecular weight is 234 g/mol. The van der Waals surface area contributed by atoms with Crippen molar-refractivity contribution in [2.24, 2.45) is 5.92 Å². The Hall–Kier alpha value is -1.25. The predicted molar refractivity (Wildman–Crippen MR) is 70.4 cm³/mol. The highest BCUT2D eigenvalue weighted by atomic mass is 16.5. The van der Waals surface area contributed by atoms with Gasteiger partial charge in [-0.05, 0) is 37.8 Å². The summed E-state index contributed by atoms with van der Waals surface area (Å²) in [6.07, 6.45) is 6.97. The molecule has 1 fully saturated rings. The van der Waals surface area contributed by atoms with Crippen LogP contribution in [-0.2, 0) is 0 Å². The first-order valence-corrected chi connectivity index (χ1v) is 6.64. The van der Waals surface area contributed by atoms with Crippen molar-refractivity contribution in [2.45, 2.75) is 45.6 Å². The van der Waals surface area contributed by atoms with Crippen LogP contribution in [0.4, 0.5) is 5.69 Å². The van der Waals surface area contributed by atoms with Gasteiger partial charge in [-0.2, -0.15) is 0 Å². The van der Waals surface area contributed by atoms with Crippen molar-refractivity contribution in [1.29, 1.82) is 0 Å². The fraction of sp³-hybridized carbons (Fsp3) is 0.643. The van der Waals surface area contributed by atoms with E-state index >= 15 is 0 Å². The lowest BCUT2D eigenvalue weighted by molar-refractivity contribution is 0.325. The van der Waals surface area contributed by atoms with Gasteiger partial charge < -0.3 is 10.1 Å². The Balaban J connectivity index is 2.01. The van der Waals surface area contributed by atoms with E-state index in [-0.39, 0.29) is 0 Å². The Kier molecular flexibility index (Phi) is 4.24. The zero-order valence-corrected chi connectivity index (χ0v) is 10.8. The molecule has 2 atom stereocenters. The molecule has 0 spiro atoms. The Morgan fingerprint density at radius 3 is 3.12 bits per heavy atom. The van der Waals surface area contributed by atoms with E-state index in [1.807, 2.05) is 13.0 Å². The lowest BCUT2D eigenvalue weighted by Crippen LogP contribution is -2.26. The van der Waals surface area contributed by atoms with Crippen molar-refractivity contribution in [3.63, 3.8) is 0 Å². The molecule has 2 rings (SSSR count). The van der Waals surface area contributed by atoms with Gasteiger partial charge in [0.15, 0.2) is 0 Å². The maximum atomic E-state index is 5.53. The van der Waals surface area contributed by atoms with Crippen LogP contribution in [0.25, 0.3) is 0 Å². The summed E-state index contributed by atoms with van der Waals surface area (Å²) in [6, 6.07) is 4.58. The topological polar surface area (TPSA) is 34.1 Å². The van der Waals surface area contributed by atoms with Gasteiger partial charge in [-0.1, -0.05) is 19.8 Å². The highest BCUT2D eigenvalue weighted by molar-refractivity contribution is 5.52. The van der Waals surface area contributed by atoms with E-state index in [1.165, 1.54) is 25.7 Å². The van der Waals surface area contributed by atoms with Crippen LogP contribution in [0.1, 0.15) is 39.5 Å². The number of aromatic nitrogens is 1. The Morgan fingerprint density at radius 1 is 1.47 bits per heavy atom. The number of ether oxygens (including phenoxy) is 1. The third-order valence-corrected chi connectivity index (χ3v) is 3.35. The van der Waals surface area contributed by atoms with Crippen molar-refractivity contribution in [3.8, 4) is 5.88 Å². The van der Waals surface area contributed by atoms with Crippen molar-refractivity contribution < 1.29 is 4.74 Å². The summed E-state index contributed by atoms with van der Waals surface area (Å²) >= 11 is 0. The quantitative estimate of drug-likeness (QED) is 0.866. The second-order valence-electron chi connectivity index (χ2n) is 4.90. The lowest BCUT2D eigenvalue weighted by Gasteiger charge is -2.28. The van der Waals surface area contributed by atoms with Crippen LogP contribution in [0, 0.1) is 5.92 Å². The molecule has 1 aliphatic carbocycles. The summed E-state index contributed by atoms with van der Waals surface area (Å²) in [7, 11) is 0. The summed E-state index contributed by atoms with van der Waals surface area (Å²) in [6.45, 7) is 4.98. The van der Waals surface area contributed by atoms with E-state index < -0.39 is 0 Å². The standard InChI is InChI=1S/C14H22N2O/c1-3-17-14-13(8-5-9-15-14)16-12-7-4-6-11(2)10-12/h5,8-9,11-12,16H,3-4,6-7,10H2,1-2H3. The molecule has 0 saturated heterocycles. The first-order valence-electron chi connectivity index (χ1n) is 6.64. The van der Waals surface area contributed by atoms with E-state index in [2.05, 4.69) is 23.3 Å². The first kappa shape index (κ1) is 12.2. The summed E-state index contributed by atoms with van der Waals surface area (Å²) < 4.78 is 5.53. The van der Waals surface area contributed by atoms with Crippen molar-refractivity contribution in [3.05, 3.63) is 18.3 Å². The molecule has 17 heavy (non-hydrogen) atoms. The highest BCUT2D eigenvalue weighted by Crippen LogP contribution is 2.29. The van der Waals surface area contributed by atoms with E-state index in [4.69, 9.17) is 4.74 Å². The molecule has 1 N–H and O–H groups in total. The number of nitrogens with one attached hydrogen (secondary N) is 1. The van der Waals surface area contributed by atoms with Gasteiger partial charge in [0.2, 0.25) is 5.88 Å². The minimum Gasteiger partial charge on any atom is -0.476 e. The number of hydrogen-bond acceptors (Lipinski definition) is 3. The van der Waals surface area contributed by atoms with Crippen molar-refractivity contribution in [1.82, 2.24) is 4.98 Å². The van der Waals surface area contributed by atoms with Gasteiger partial charge >= 0.3 is 0 Å². The van der Waals surface area contributed by atoms with Gasteiger partial charge in [-0.3, -0.25) is 0 Å². The molecule has 0 radical (unpaired) electrons. The number of pyridine rings is 1. The van der Waals surface area contributed by atoms with E-state index in [0.717, 1.165) is 17.5 Å². The Labute approximate surface area is 104 Å². The fourth-order valence-corrected chi connectivity index (χ4v) is 2.54. The van der Waals surface area contributed by atoms with E-state index in [1.54, 1.807) is 6.20 Å². The summed E-state index contributed by atoms with van der Waals surface area (Å²) in [5, 5.41) is 3.58. The maximum absolute atomic E-state index is 5.53. The monoisotopic (exact) mass is 234 g/mol. The Bertz CT molecular complexity index is 354. The molecular weight excluding hydrogens is 212 g/mol. The molecule has 0 bridgehead atoms. The summed E-state index contributed by atoms with van der Waals surface area (Å²) in [4.78, 5) is 4.27. The Morgan fingerprint density at radius 2 is 2.35 bits per heavy atom. The van der Waals surface area contributed by atoms with Gasteiger partial charge in [0.05, 0.1) is 12.3 Å². The molecule has 94 valence electrons. The number of nitrogens with zero attached hydrogens (tertiary/aromatic N) is 1. The van der Waals surface area contributed by atoms with E-state index in [0.29, 0.717) is 12.6 Å². The molecule has 1 aromatic heterocycles. The second-order valence-corrected chi connectivity index (χ2v) is 4.90. The smallest absolute Gasteiger partial charge is 0.237 e. The van der Waals surface area contributed by atoms with Crippen molar-refractivity contribution >= 4 is 5.69 Å². The maximum Gasteiger partial charge on any atom is 0.237 e. The molecular formula is C14H22N2O. The first-order chi connectivity index (χ1) is 8.29. The van der Waals surface area contributed by atoms with Crippen LogP contribution >= 0.6 is 0 Å². The predicted octanol–water partition coefficient (Wildman–Crippen LogP) is 3.47. The van der Waals surface area contributed by atoms with Crippen LogP contribution in [-0.4, -0.2) is 17.6 Å². The number of hydrogen-bond donors (Lipinski definition) is 1. The van der Waals surface area contributed by atoms with Crippen LogP contribution in [0.5, 0.6) is 5.88 Å². The van der Waals surface area contributed by atoms with Gasteiger partial charge in [-0.15, -0.1) is 0 Å². The zero-order chi connectivity index (χ0) is 12.1. The third kappa shape index (κ3) is 3.35. The summed E-state index contributed by atoms with van der Waals surface area (Å²) in [5.74, 6) is 1.56. The molecule has 0 aromatic carbocycles. The SMILES string of the molecule is CCOc1ncccc1NC1CCCC(C)C1. The molecule has 1 heterocycles. The largest absolute Gasteiger partial charge is 0.476 e. The highest BCUT2D eigenvalue weighted by Gasteiger charge is 2.19. The van der Waals surface area contributed by atoms with Crippen LogP contribution in [0.2, 0.25) is 0 Å². The zero-order valence-electron chi connectivity index (χ0n) is 10.8. The average Bonchev–Trinajstić information content (AvgIpc) is 2.32. The molecule has 2 unspecified atom stereocenters.